The molecule has 4 heteroatoms. The highest BCUT2D eigenvalue weighted by atomic mass is 16.4. The van der Waals surface area contributed by atoms with Crippen LogP contribution in [0, 0.1) is 59.2 Å². The first kappa shape index (κ1) is 10.4. The minimum atomic E-state index is 0.516. The molecular weight excluding hydrogens is 252 g/mol. The summed E-state index contributed by atoms with van der Waals surface area (Å²) < 4.78 is 0. The lowest BCUT2D eigenvalue weighted by Gasteiger charge is -2.21. The molecule has 0 heterocycles. The molecular formula is C16H18N2O2. The van der Waals surface area contributed by atoms with Gasteiger partial charge in [-0.05, 0) is 60.2 Å². The fourth-order valence-electron chi connectivity index (χ4n) is 7.87. The molecule has 20 heavy (non-hydrogen) atoms. The third-order valence-corrected chi connectivity index (χ3v) is 7.89. The third kappa shape index (κ3) is 0.798. The molecule has 5 saturated carbocycles. The van der Waals surface area contributed by atoms with Crippen LogP contribution in [-0.2, 0) is 0 Å². The Morgan fingerprint density at radius 3 is 1.70 bits per heavy atom. The summed E-state index contributed by atoms with van der Waals surface area (Å²) in [5.74, 6) is 6.63. The van der Waals surface area contributed by atoms with Crippen LogP contribution in [-0.4, -0.2) is 21.8 Å². The van der Waals surface area contributed by atoms with Crippen molar-refractivity contribution in [1.82, 2.24) is 0 Å². The van der Waals surface area contributed by atoms with Crippen molar-refractivity contribution in [3.8, 4) is 0 Å². The lowest BCUT2D eigenvalue weighted by atomic mass is 9.83. The van der Waals surface area contributed by atoms with E-state index in [2.05, 4.69) is 22.5 Å². The zero-order chi connectivity index (χ0) is 13.2. The number of hydrogen-bond acceptors (Lipinski definition) is 4. The largest absolute Gasteiger partial charge is 0.411 e. The number of allylic oxidation sites excluding steroid dienone is 2. The quantitative estimate of drug-likeness (QED) is 0.403. The average Bonchev–Trinajstić information content (AvgIpc) is 3.18. The Hall–Kier alpha value is -1.32. The molecule has 0 saturated heterocycles. The van der Waals surface area contributed by atoms with Gasteiger partial charge in [-0.25, -0.2) is 0 Å². The molecule has 6 aliphatic carbocycles. The summed E-state index contributed by atoms with van der Waals surface area (Å²) in [6.07, 6.45) is 6.75. The maximum absolute atomic E-state index is 9.41. The summed E-state index contributed by atoms with van der Waals surface area (Å²) in [6.45, 7) is 0. The zero-order valence-corrected chi connectivity index (χ0v) is 11.1. The number of rotatable bonds is 0. The Balaban J connectivity index is 1.60. The molecule has 2 unspecified atom stereocenters. The number of oxime groups is 2. The van der Waals surface area contributed by atoms with E-state index in [4.69, 9.17) is 0 Å². The van der Waals surface area contributed by atoms with Gasteiger partial charge in [-0.1, -0.05) is 22.5 Å². The predicted molar refractivity (Wildman–Crippen MR) is 71.7 cm³/mol. The van der Waals surface area contributed by atoms with Crippen molar-refractivity contribution in [3.05, 3.63) is 12.2 Å². The van der Waals surface area contributed by atoms with E-state index in [1.54, 1.807) is 0 Å². The average molecular weight is 270 g/mol. The summed E-state index contributed by atoms with van der Waals surface area (Å²) in [7, 11) is 0. The van der Waals surface area contributed by atoms with Gasteiger partial charge in [-0.2, -0.15) is 0 Å². The molecule has 104 valence electrons. The Labute approximate surface area is 117 Å². The van der Waals surface area contributed by atoms with Gasteiger partial charge in [0.25, 0.3) is 0 Å². The van der Waals surface area contributed by atoms with Gasteiger partial charge in [0.15, 0.2) is 0 Å². The minimum Gasteiger partial charge on any atom is -0.411 e. The summed E-state index contributed by atoms with van der Waals surface area (Å²) in [5.41, 5.74) is 2.13. The van der Waals surface area contributed by atoms with Crippen LogP contribution in [0.3, 0.4) is 0 Å². The summed E-state index contributed by atoms with van der Waals surface area (Å²) in [5, 5.41) is 26.2. The zero-order valence-electron chi connectivity index (χ0n) is 11.1. The normalized spacial score (nSPS) is 67.0. The van der Waals surface area contributed by atoms with E-state index >= 15 is 0 Å². The van der Waals surface area contributed by atoms with Gasteiger partial charge < -0.3 is 10.4 Å². The smallest absolute Gasteiger partial charge is 0.0613 e. The summed E-state index contributed by atoms with van der Waals surface area (Å²) >= 11 is 0. The first-order valence-electron chi connectivity index (χ1n) is 7.95. The van der Waals surface area contributed by atoms with Crippen molar-refractivity contribution in [3.63, 3.8) is 0 Å². The maximum atomic E-state index is 9.41. The number of fused-ring (bicyclic) bond motifs is 3. The fraction of sp³-hybridized carbons (Fsp3) is 0.750. The summed E-state index contributed by atoms with van der Waals surface area (Å²) in [6, 6.07) is 0. The molecule has 0 aromatic carbocycles. The molecule has 0 spiro atoms. The van der Waals surface area contributed by atoms with Gasteiger partial charge >= 0.3 is 0 Å². The van der Waals surface area contributed by atoms with Crippen molar-refractivity contribution in [2.24, 2.45) is 69.5 Å². The molecule has 5 fully saturated rings. The standard InChI is InChI=1S/C16H18N2O2/c19-17-9-3-7-8-4-10(18-20)13-6-2-1-5-11(6)16(15(8)13)14(7)12(5)9/h1-2,5-8,11-16,19-20H,3-4H2/b17-9-,18-10-/t5-,6-,7-,8-,11?,12+,13+,14-,15+,16?/m0/s1. The lowest BCUT2D eigenvalue weighted by molar-refractivity contribution is 0.304. The van der Waals surface area contributed by atoms with Gasteiger partial charge in [-0.15, -0.1) is 0 Å². The van der Waals surface area contributed by atoms with Crippen LogP contribution in [0.2, 0.25) is 0 Å². The first-order valence-corrected chi connectivity index (χ1v) is 7.95. The van der Waals surface area contributed by atoms with E-state index in [0.29, 0.717) is 35.5 Å². The van der Waals surface area contributed by atoms with E-state index in [0.717, 1.165) is 47.9 Å². The molecule has 10 atom stereocenters. The van der Waals surface area contributed by atoms with Crippen LogP contribution >= 0.6 is 0 Å². The summed E-state index contributed by atoms with van der Waals surface area (Å²) in [4.78, 5) is 0. The number of nitrogens with zero attached hydrogens (tertiary/aromatic N) is 2. The van der Waals surface area contributed by atoms with Crippen molar-refractivity contribution in [2.75, 3.05) is 0 Å². The predicted octanol–water partition coefficient (Wildman–Crippen LogP) is 2.23. The van der Waals surface area contributed by atoms with Gasteiger partial charge in [-0.3, -0.25) is 0 Å². The molecule has 2 N–H and O–H groups in total. The van der Waals surface area contributed by atoms with Crippen LogP contribution in [0.5, 0.6) is 0 Å². The Kier molecular flexibility index (Phi) is 1.55. The monoisotopic (exact) mass is 270 g/mol. The van der Waals surface area contributed by atoms with Crippen LogP contribution in [0.1, 0.15) is 12.8 Å². The van der Waals surface area contributed by atoms with Crippen molar-refractivity contribution < 1.29 is 10.4 Å². The first-order chi connectivity index (χ1) is 9.85. The Morgan fingerprint density at radius 1 is 0.750 bits per heavy atom. The van der Waals surface area contributed by atoms with Crippen molar-refractivity contribution in [1.29, 1.82) is 0 Å². The fourth-order valence-corrected chi connectivity index (χ4v) is 7.87. The highest BCUT2D eigenvalue weighted by molar-refractivity contribution is 5.94. The molecule has 0 bridgehead atoms. The van der Waals surface area contributed by atoms with Crippen molar-refractivity contribution >= 4 is 11.4 Å². The van der Waals surface area contributed by atoms with Gasteiger partial charge in [0, 0.05) is 11.8 Å². The van der Waals surface area contributed by atoms with E-state index in [1.807, 2.05) is 0 Å². The number of hydrogen-bond donors (Lipinski definition) is 2. The molecule has 0 aromatic rings. The second kappa shape index (κ2) is 2.97. The second-order valence-electron chi connectivity index (χ2n) is 7.82. The molecule has 6 aliphatic rings. The van der Waals surface area contributed by atoms with Gasteiger partial charge in [0.2, 0.25) is 0 Å². The molecule has 0 aromatic heterocycles. The van der Waals surface area contributed by atoms with Crippen LogP contribution < -0.4 is 0 Å². The Morgan fingerprint density at radius 2 is 1.25 bits per heavy atom. The van der Waals surface area contributed by atoms with Crippen LogP contribution in [0.4, 0.5) is 0 Å². The maximum Gasteiger partial charge on any atom is 0.0613 e. The van der Waals surface area contributed by atoms with Crippen LogP contribution in [0.15, 0.2) is 22.5 Å². The van der Waals surface area contributed by atoms with E-state index < -0.39 is 0 Å². The molecule has 0 radical (unpaired) electrons. The van der Waals surface area contributed by atoms with E-state index in [1.165, 1.54) is 0 Å². The van der Waals surface area contributed by atoms with Crippen molar-refractivity contribution in [2.45, 2.75) is 12.8 Å². The molecule has 6 rings (SSSR count). The Bertz CT molecular complexity index is 560. The van der Waals surface area contributed by atoms with E-state index in [9.17, 15) is 10.4 Å². The van der Waals surface area contributed by atoms with E-state index in [-0.39, 0.29) is 0 Å². The molecule has 0 amide bonds. The molecule has 4 nitrogen and oxygen atoms in total. The highest BCUT2D eigenvalue weighted by Gasteiger charge is 2.76. The highest BCUT2D eigenvalue weighted by Crippen LogP contribution is 2.77. The third-order valence-electron chi connectivity index (χ3n) is 7.89. The SMILES string of the molecule is O/N=C1/C[C@H]2[C@@H]3C/C(=N/O)[C@@H]4[C@H]3C3C5[C@H](C=C[C@@H]54)[C@H]1[C@H]32. The minimum absolute atomic E-state index is 0.516. The lowest BCUT2D eigenvalue weighted by Crippen LogP contribution is -2.23. The second-order valence-corrected chi connectivity index (χ2v) is 7.82. The van der Waals surface area contributed by atoms with Gasteiger partial charge in [0.05, 0.1) is 11.4 Å². The van der Waals surface area contributed by atoms with Gasteiger partial charge in [0.1, 0.15) is 0 Å². The molecule has 0 aliphatic heterocycles. The van der Waals surface area contributed by atoms with Crippen LogP contribution in [0.25, 0.3) is 0 Å². The topological polar surface area (TPSA) is 65.2 Å².